The van der Waals surface area contributed by atoms with Gasteiger partial charge in [-0.05, 0) is 68.6 Å². The third-order valence-electron chi connectivity index (χ3n) is 13.4. The maximum Gasteiger partial charge on any atom is 0.161 e. The number of benzene rings is 10. The van der Waals surface area contributed by atoms with E-state index in [0.29, 0.717) is 12.2 Å². The van der Waals surface area contributed by atoms with Crippen LogP contribution in [0.5, 0.6) is 0 Å². The zero-order chi connectivity index (χ0) is 41.2. The van der Waals surface area contributed by atoms with Gasteiger partial charge in [-0.2, -0.15) is 0 Å². The lowest BCUT2D eigenvalue weighted by molar-refractivity contribution is 0.669. The molecule has 0 amide bonds. The Balaban J connectivity index is 1.16. The van der Waals surface area contributed by atoms with E-state index in [0.717, 1.165) is 61.3 Å². The van der Waals surface area contributed by atoms with Gasteiger partial charge in [-0.1, -0.05) is 170 Å². The van der Waals surface area contributed by atoms with Crippen molar-refractivity contribution in [1.82, 2.24) is 14.5 Å². The first-order valence-electron chi connectivity index (χ1n) is 21.6. The van der Waals surface area contributed by atoms with Gasteiger partial charge in [0.25, 0.3) is 0 Å². The first kappa shape index (κ1) is 34.4. The lowest BCUT2D eigenvalue weighted by Gasteiger charge is -2.21. The van der Waals surface area contributed by atoms with Crippen molar-refractivity contribution in [2.45, 2.75) is 6.42 Å². The molecular formula is C59H35N3O. The molecule has 3 aromatic heterocycles. The average molecular weight is 802 g/mol. The summed E-state index contributed by atoms with van der Waals surface area (Å²) in [5.41, 5.74) is 14.8. The SMILES string of the molecule is c1ccc(-c2cc3c4ccc5cc4n(c3c3ccccc23)-c2c(ccc3ccccc23)-c2nc(-c3cccc4oc6ccccc6c34)nc(-c3ccc4ccccc4c3)c2C5)cc1. The Kier molecular flexibility index (Phi) is 7.14. The molecule has 14 rings (SSSR count). The Morgan fingerprint density at radius 1 is 0.413 bits per heavy atom. The number of nitrogens with zero attached hydrogens (tertiary/aromatic N) is 3. The van der Waals surface area contributed by atoms with E-state index in [1.54, 1.807) is 0 Å². The van der Waals surface area contributed by atoms with Crippen molar-refractivity contribution in [3.05, 3.63) is 211 Å². The van der Waals surface area contributed by atoms with Gasteiger partial charge in [0.15, 0.2) is 5.82 Å². The van der Waals surface area contributed by atoms with Crippen LogP contribution in [0, 0.1) is 0 Å². The monoisotopic (exact) mass is 801 g/mol. The summed E-state index contributed by atoms with van der Waals surface area (Å²) in [6.07, 6.45) is 0.649. The fourth-order valence-electron chi connectivity index (χ4n) is 10.5. The molecule has 4 heteroatoms. The van der Waals surface area contributed by atoms with Gasteiger partial charge in [-0.15, -0.1) is 0 Å². The normalized spacial score (nSPS) is 12.4. The van der Waals surface area contributed by atoms with Gasteiger partial charge in [0, 0.05) is 61.0 Å². The van der Waals surface area contributed by atoms with Gasteiger partial charge in [0.2, 0.25) is 0 Å². The van der Waals surface area contributed by atoms with Crippen LogP contribution in [0.2, 0.25) is 0 Å². The molecule has 0 fully saturated rings. The molecule has 292 valence electrons. The molecule has 0 saturated carbocycles. The largest absolute Gasteiger partial charge is 0.456 e. The number of rotatable bonds is 3. The van der Waals surface area contributed by atoms with E-state index in [-0.39, 0.29) is 0 Å². The van der Waals surface area contributed by atoms with Gasteiger partial charge in [-0.25, -0.2) is 9.97 Å². The van der Waals surface area contributed by atoms with Crippen LogP contribution >= 0.6 is 0 Å². The standard InChI is InChI=1S/C59H35N3O/c1-2-14-37(15-3-1)48-34-49-43-29-25-35-31-50-55(40-27-26-36-13-4-5-17-39(36)33-40)60-59(46-22-12-24-53-54(46)45-21-10-11-23-52(45)63-53)61-56(50)47-30-28-38-16-6-7-18-41(38)57(47)62(51(43)32-35)58(49)44-20-9-8-19-42(44)48/h1-30,32-34H,31H2. The number of para-hydroxylation sites is 1. The zero-order valence-electron chi connectivity index (χ0n) is 34.0. The molecule has 1 aliphatic rings. The van der Waals surface area contributed by atoms with Crippen molar-refractivity contribution in [2.75, 3.05) is 0 Å². The van der Waals surface area contributed by atoms with E-state index in [1.165, 1.54) is 70.8 Å². The molecular weight excluding hydrogens is 767 g/mol. The molecule has 2 bridgehead atoms. The Morgan fingerprint density at radius 2 is 1.13 bits per heavy atom. The Bertz CT molecular complexity index is 4060. The molecule has 4 heterocycles. The number of fused-ring (bicyclic) bond motifs is 16. The second-order valence-corrected chi connectivity index (χ2v) is 16.8. The molecule has 0 radical (unpaired) electrons. The molecule has 1 aliphatic heterocycles. The molecule has 10 aromatic carbocycles. The predicted molar refractivity (Wildman–Crippen MR) is 261 cm³/mol. The van der Waals surface area contributed by atoms with Gasteiger partial charge in [0.05, 0.1) is 28.1 Å². The summed E-state index contributed by atoms with van der Waals surface area (Å²) in [6, 6.07) is 72.4. The highest BCUT2D eigenvalue weighted by molar-refractivity contribution is 6.23. The van der Waals surface area contributed by atoms with Crippen LogP contribution in [0.4, 0.5) is 0 Å². The van der Waals surface area contributed by atoms with Crippen molar-refractivity contribution in [1.29, 1.82) is 0 Å². The summed E-state index contributed by atoms with van der Waals surface area (Å²) in [5, 5.41) is 11.7. The van der Waals surface area contributed by atoms with Crippen LogP contribution in [-0.4, -0.2) is 14.5 Å². The van der Waals surface area contributed by atoms with Crippen LogP contribution in [0.1, 0.15) is 11.1 Å². The highest BCUT2D eigenvalue weighted by Gasteiger charge is 2.28. The van der Waals surface area contributed by atoms with Crippen LogP contribution in [0.15, 0.2) is 205 Å². The zero-order valence-corrected chi connectivity index (χ0v) is 34.0. The second kappa shape index (κ2) is 13.1. The smallest absolute Gasteiger partial charge is 0.161 e. The number of hydrogen-bond acceptors (Lipinski definition) is 3. The van der Waals surface area contributed by atoms with Crippen molar-refractivity contribution < 1.29 is 4.42 Å². The average Bonchev–Trinajstić information content (AvgIpc) is 3.90. The molecule has 0 spiro atoms. The lowest BCUT2D eigenvalue weighted by atomic mass is 9.91. The molecule has 4 nitrogen and oxygen atoms in total. The van der Waals surface area contributed by atoms with E-state index < -0.39 is 0 Å². The van der Waals surface area contributed by atoms with Crippen LogP contribution < -0.4 is 0 Å². The molecule has 0 saturated heterocycles. The Morgan fingerprint density at radius 3 is 2.02 bits per heavy atom. The first-order valence-corrected chi connectivity index (χ1v) is 21.6. The molecule has 13 aromatic rings. The lowest BCUT2D eigenvalue weighted by Crippen LogP contribution is -2.06. The van der Waals surface area contributed by atoms with E-state index >= 15 is 0 Å². The third-order valence-corrected chi connectivity index (χ3v) is 13.4. The summed E-state index contributed by atoms with van der Waals surface area (Å²) >= 11 is 0. The van der Waals surface area contributed by atoms with Gasteiger partial charge in [-0.3, -0.25) is 0 Å². The third kappa shape index (κ3) is 5.03. The summed E-state index contributed by atoms with van der Waals surface area (Å²) in [6.45, 7) is 0. The summed E-state index contributed by atoms with van der Waals surface area (Å²) in [5.74, 6) is 0.666. The minimum atomic E-state index is 0.649. The van der Waals surface area contributed by atoms with E-state index in [2.05, 4.69) is 187 Å². The van der Waals surface area contributed by atoms with Gasteiger partial charge < -0.3 is 8.98 Å². The predicted octanol–water partition coefficient (Wildman–Crippen LogP) is 15.5. The quantitative estimate of drug-likeness (QED) is 0.179. The molecule has 0 aliphatic carbocycles. The molecule has 0 N–H and O–H groups in total. The Labute approximate surface area is 362 Å². The minimum absolute atomic E-state index is 0.649. The summed E-state index contributed by atoms with van der Waals surface area (Å²) in [4.78, 5) is 11.4. The topological polar surface area (TPSA) is 43.9 Å². The highest BCUT2D eigenvalue weighted by Crippen LogP contribution is 2.48. The second-order valence-electron chi connectivity index (χ2n) is 16.8. The molecule has 0 atom stereocenters. The van der Waals surface area contributed by atoms with E-state index in [9.17, 15) is 0 Å². The minimum Gasteiger partial charge on any atom is -0.456 e. The van der Waals surface area contributed by atoms with Crippen molar-refractivity contribution >= 4 is 76.1 Å². The van der Waals surface area contributed by atoms with Crippen molar-refractivity contribution in [3.63, 3.8) is 0 Å². The Hall–Kier alpha value is -8.34. The highest BCUT2D eigenvalue weighted by atomic mass is 16.3. The number of aromatic nitrogens is 3. The van der Waals surface area contributed by atoms with Gasteiger partial charge >= 0.3 is 0 Å². The van der Waals surface area contributed by atoms with E-state index in [1.807, 2.05) is 18.2 Å². The maximum atomic E-state index is 6.45. The fourth-order valence-corrected chi connectivity index (χ4v) is 10.5. The maximum absolute atomic E-state index is 6.45. The number of hydrogen-bond donors (Lipinski definition) is 0. The van der Waals surface area contributed by atoms with Crippen LogP contribution in [0.25, 0.3) is 127 Å². The molecule has 0 unspecified atom stereocenters. The fraction of sp³-hybridized carbons (Fsp3) is 0.0169. The van der Waals surface area contributed by atoms with Crippen molar-refractivity contribution in [3.8, 4) is 50.7 Å². The molecule has 63 heavy (non-hydrogen) atoms. The van der Waals surface area contributed by atoms with E-state index in [4.69, 9.17) is 14.4 Å². The van der Waals surface area contributed by atoms with Crippen molar-refractivity contribution in [2.24, 2.45) is 0 Å². The van der Waals surface area contributed by atoms with Crippen LogP contribution in [0.3, 0.4) is 0 Å². The van der Waals surface area contributed by atoms with Crippen LogP contribution in [-0.2, 0) is 6.42 Å². The first-order chi connectivity index (χ1) is 31.2. The van der Waals surface area contributed by atoms with Gasteiger partial charge in [0.1, 0.15) is 11.2 Å². The summed E-state index contributed by atoms with van der Waals surface area (Å²) in [7, 11) is 0. The number of furan rings is 1. The summed E-state index contributed by atoms with van der Waals surface area (Å²) < 4.78 is 9.01.